The van der Waals surface area contributed by atoms with Crippen molar-refractivity contribution in [2.24, 2.45) is 0 Å². The summed E-state index contributed by atoms with van der Waals surface area (Å²) >= 11 is 0. The Morgan fingerprint density at radius 2 is 1.20 bits per heavy atom. The van der Waals surface area contributed by atoms with Gasteiger partial charge >= 0.3 is 11.9 Å². The van der Waals surface area contributed by atoms with E-state index in [1.54, 1.807) is 0 Å². The molecule has 0 radical (unpaired) electrons. The smallest absolute Gasteiger partial charge is 0.264 e. The number of rotatable bonds is 12. The second-order valence-electron chi connectivity index (χ2n) is 3.63. The molecule has 0 aliphatic carbocycles. The first-order valence-electron chi connectivity index (χ1n) is 6.39. The van der Waals surface area contributed by atoms with Gasteiger partial charge in [-0.25, -0.2) is 9.59 Å². The maximum Gasteiger partial charge on any atom is 0.369 e. The Hall–Kier alpha value is -1.48. The molecule has 8 nitrogen and oxygen atoms in total. The number of carbonyl (C=O) groups excluding carboxylic acids is 2. The molecule has 0 aromatic heterocycles. The molecule has 0 rings (SSSR count). The van der Waals surface area contributed by atoms with E-state index in [-0.39, 0.29) is 0 Å². The largest absolute Gasteiger partial charge is 0.369 e. The average Bonchev–Trinajstić information content (AvgIpc) is 2.44. The standard InChI is InChI=1S/C12H20O8/c1-3-5-9-15-19-17-11(13)7-8-12(14)18-20-16-10-6-4-2/h7-8H,3-6,9-10H2,1-2H3/b8-7-. The highest BCUT2D eigenvalue weighted by molar-refractivity contribution is 5.91. The minimum absolute atomic E-state index is 0.304. The topological polar surface area (TPSA) is 89.5 Å². The van der Waals surface area contributed by atoms with E-state index in [4.69, 9.17) is 0 Å². The molecule has 0 saturated carbocycles. The molecule has 8 heteroatoms. The molecule has 0 spiro atoms. The molecule has 0 amide bonds. The Morgan fingerprint density at radius 3 is 1.55 bits per heavy atom. The summed E-state index contributed by atoms with van der Waals surface area (Å²) in [5, 5.41) is 8.29. The van der Waals surface area contributed by atoms with Gasteiger partial charge in [0, 0.05) is 12.2 Å². The van der Waals surface area contributed by atoms with E-state index in [2.05, 4.69) is 29.6 Å². The molecule has 0 fully saturated rings. The van der Waals surface area contributed by atoms with Crippen LogP contribution in [0.5, 0.6) is 0 Å². The monoisotopic (exact) mass is 292 g/mol. The molecule has 0 aromatic carbocycles. The quantitative estimate of drug-likeness (QED) is 0.233. The second-order valence-corrected chi connectivity index (χ2v) is 3.63. The summed E-state index contributed by atoms with van der Waals surface area (Å²) in [5.41, 5.74) is 0. The molecular weight excluding hydrogens is 272 g/mol. The summed E-state index contributed by atoms with van der Waals surface area (Å²) in [5.74, 6) is -1.85. The van der Waals surface area contributed by atoms with Crippen LogP contribution in [0.2, 0.25) is 0 Å². The summed E-state index contributed by atoms with van der Waals surface area (Å²) < 4.78 is 0. The molecule has 0 atom stereocenters. The third-order valence-corrected chi connectivity index (χ3v) is 1.85. The van der Waals surface area contributed by atoms with Crippen molar-refractivity contribution in [1.29, 1.82) is 0 Å². The first-order valence-corrected chi connectivity index (χ1v) is 6.39. The van der Waals surface area contributed by atoms with E-state index in [1.807, 2.05) is 13.8 Å². The zero-order valence-corrected chi connectivity index (χ0v) is 11.7. The Kier molecular flexibility index (Phi) is 12.9. The lowest BCUT2D eigenvalue weighted by molar-refractivity contribution is -0.485. The Labute approximate surface area is 117 Å². The van der Waals surface area contributed by atoms with Gasteiger partial charge in [-0.15, -0.1) is 0 Å². The summed E-state index contributed by atoms with van der Waals surface area (Å²) in [6.45, 7) is 4.55. The van der Waals surface area contributed by atoms with Crippen LogP contribution in [0.15, 0.2) is 12.2 Å². The highest BCUT2D eigenvalue weighted by Crippen LogP contribution is 1.93. The first kappa shape index (κ1) is 18.5. The number of carbonyl (C=O) groups is 2. The average molecular weight is 292 g/mol. The second kappa shape index (κ2) is 13.9. The van der Waals surface area contributed by atoms with Gasteiger partial charge in [0.1, 0.15) is 0 Å². The molecule has 116 valence electrons. The van der Waals surface area contributed by atoms with Crippen LogP contribution in [0.1, 0.15) is 39.5 Å². The van der Waals surface area contributed by atoms with Crippen molar-refractivity contribution in [3.8, 4) is 0 Å². The van der Waals surface area contributed by atoms with Gasteiger partial charge in [0.2, 0.25) is 0 Å². The van der Waals surface area contributed by atoms with Gasteiger partial charge in [-0.2, -0.15) is 9.78 Å². The van der Waals surface area contributed by atoms with Crippen molar-refractivity contribution < 1.29 is 39.2 Å². The molecular formula is C12H20O8. The fourth-order valence-electron chi connectivity index (χ4n) is 0.781. The zero-order valence-electron chi connectivity index (χ0n) is 11.7. The number of hydrogen-bond acceptors (Lipinski definition) is 8. The van der Waals surface area contributed by atoms with Gasteiger partial charge < -0.3 is 0 Å². The van der Waals surface area contributed by atoms with Gasteiger partial charge in [-0.05, 0) is 22.9 Å². The van der Waals surface area contributed by atoms with Crippen LogP contribution >= 0.6 is 0 Å². The molecule has 0 N–H and O–H groups in total. The minimum Gasteiger partial charge on any atom is -0.264 e. The van der Waals surface area contributed by atoms with E-state index < -0.39 is 11.9 Å². The summed E-state index contributed by atoms with van der Waals surface area (Å²) in [7, 11) is 0. The predicted octanol–water partition coefficient (Wildman–Crippen LogP) is 1.96. The van der Waals surface area contributed by atoms with Gasteiger partial charge in [-0.1, -0.05) is 26.7 Å². The predicted molar refractivity (Wildman–Crippen MR) is 65.2 cm³/mol. The molecule has 0 aliphatic heterocycles. The van der Waals surface area contributed by atoms with E-state index >= 15 is 0 Å². The molecule has 0 aromatic rings. The van der Waals surface area contributed by atoms with Gasteiger partial charge in [0.25, 0.3) is 0 Å². The third-order valence-electron chi connectivity index (χ3n) is 1.85. The number of unbranched alkanes of at least 4 members (excludes halogenated alkanes) is 2. The maximum absolute atomic E-state index is 11.0. The fourth-order valence-corrected chi connectivity index (χ4v) is 0.781. The Morgan fingerprint density at radius 1 is 0.800 bits per heavy atom. The number of hydrogen-bond donors (Lipinski definition) is 0. The van der Waals surface area contributed by atoms with Crippen LogP contribution in [-0.4, -0.2) is 25.2 Å². The van der Waals surface area contributed by atoms with Crippen molar-refractivity contribution >= 4 is 11.9 Å². The van der Waals surface area contributed by atoms with Crippen LogP contribution in [-0.2, 0) is 39.2 Å². The molecule has 0 unspecified atom stereocenters. The van der Waals surface area contributed by atoms with E-state index in [1.165, 1.54) is 0 Å². The van der Waals surface area contributed by atoms with Gasteiger partial charge in [0.05, 0.1) is 13.2 Å². The summed E-state index contributed by atoms with van der Waals surface area (Å²) in [6.07, 6.45) is 4.97. The highest BCUT2D eigenvalue weighted by atomic mass is 17.5. The molecule has 0 aliphatic rings. The van der Waals surface area contributed by atoms with Gasteiger partial charge in [-0.3, -0.25) is 9.78 Å². The molecule has 0 saturated heterocycles. The Bertz CT molecular complexity index is 261. The normalized spacial score (nSPS) is 10.7. The molecule has 0 bridgehead atoms. The van der Waals surface area contributed by atoms with E-state index in [9.17, 15) is 9.59 Å². The van der Waals surface area contributed by atoms with Crippen molar-refractivity contribution in [1.82, 2.24) is 0 Å². The van der Waals surface area contributed by atoms with Crippen LogP contribution in [0.3, 0.4) is 0 Å². The lowest BCUT2D eigenvalue weighted by Crippen LogP contribution is -2.07. The third kappa shape index (κ3) is 13.0. The van der Waals surface area contributed by atoms with E-state index in [0.717, 1.165) is 37.8 Å². The SMILES string of the molecule is CCCCOOOC(=O)/C=C\C(=O)OOOCCCC. The van der Waals surface area contributed by atoms with Gasteiger partial charge in [0.15, 0.2) is 0 Å². The van der Waals surface area contributed by atoms with Crippen LogP contribution < -0.4 is 0 Å². The molecule has 0 heterocycles. The fraction of sp³-hybridized carbons (Fsp3) is 0.667. The molecule has 20 heavy (non-hydrogen) atoms. The van der Waals surface area contributed by atoms with Crippen LogP contribution in [0, 0.1) is 0 Å². The van der Waals surface area contributed by atoms with Crippen molar-refractivity contribution in [2.45, 2.75) is 39.5 Å². The van der Waals surface area contributed by atoms with Crippen molar-refractivity contribution in [2.75, 3.05) is 13.2 Å². The van der Waals surface area contributed by atoms with Crippen molar-refractivity contribution in [3.05, 3.63) is 12.2 Å². The first-order chi connectivity index (χ1) is 9.70. The highest BCUT2D eigenvalue weighted by Gasteiger charge is 2.03. The van der Waals surface area contributed by atoms with Crippen LogP contribution in [0.4, 0.5) is 0 Å². The summed E-state index contributed by atoms with van der Waals surface area (Å²) in [4.78, 5) is 39.4. The Balaban J connectivity index is 3.54. The van der Waals surface area contributed by atoms with Crippen molar-refractivity contribution in [3.63, 3.8) is 0 Å². The summed E-state index contributed by atoms with van der Waals surface area (Å²) in [6, 6.07) is 0. The maximum atomic E-state index is 11.0. The lowest BCUT2D eigenvalue weighted by atomic mass is 10.4. The van der Waals surface area contributed by atoms with Crippen LogP contribution in [0.25, 0.3) is 0 Å². The minimum atomic E-state index is -0.926. The zero-order chi connectivity index (χ0) is 15.1. The lowest BCUT2D eigenvalue weighted by Gasteiger charge is -2.00. The van der Waals surface area contributed by atoms with E-state index in [0.29, 0.717) is 13.2 Å².